The number of rotatable bonds is 5. The van der Waals surface area contributed by atoms with Crippen LogP contribution in [0.4, 0.5) is 0 Å². The molecule has 2 aromatic heterocycles. The third-order valence-electron chi connectivity index (χ3n) is 4.99. The van der Waals surface area contributed by atoms with E-state index in [1.54, 1.807) is 6.08 Å². The molecule has 0 bridgehead atoms. The highest BCUT2D eigenvalue weighted by Crippen LogP contribution is 2.34. The average Bonchev–Trinajstić information content (AvgIpc) is 2.89. The number of carbonyl (C=O) groups excluding carboxylic acids is 1. The third-order valence-corrected chi connectivity index (χ3v) is 4.99. The van der Waals surface area contributed by atoms with E-state index >= 15 is 0 Å². The Kier molecular flexibility index (Phi) is 4.72. The Morgan fingerprint density at radius 1 is 1.08 bits per heavy atom. The molecule has 5 heteroatoms. The molecule has 0 spiro atoms. The van der Waals surface area contributed by atoms with Crippen LogP contribution >= 0.6 is 0 Å². The standard InChI is InChI=1S/C21H23NO4/c1-6-9-22-18(23)8-7-15-12(3)17-10-16-11(2)14(5)25-19(16)13(4)20(17)26-21(15)24/h6,10H,1,7-9H2,2-5H3,(H,22,23). The van der Waals surface area contributed by atoms with Crippen molar-refractivity contribution in [1.29, 1.82) is 0 Å². The maximum Gasteiger partial charge on any atom is 0.339 e. The molecule has 0 saturated heterocycles. The van der Waals surface area contributed by atoms with Gasteiger partial charge in [0.1, 0.15) is 16.9 Å². The van der Waals surface area contributed by atoms with Crippen LogP contribution in [0.25, 0.3) is 21.9 Å². The van der Waals surface area contributed by atoms with E-state index in [0.29, 0.717) is 24.1 Å². The number of hydrogen-bond acceptors (Lipinski definition) is 4. The molecule has 5 nitrogen and oxygen atoms in total. The molecule has 0 saturated carbocycles. The van der Waals surface area contributed by atoms with Crippen LogP contribution in [0.1, 0.15) is 34.4 Å². The lowest BCUT2D eigenvalue weighted by Crippen LogP contribution is -2.24. The Morgan fingerprint density at radius 2 is 1.73 bits per heavy atom. The second-order valence-electron chi connectivity index (χ2n) is 6.62. The molecule has 0 atom stereocenters. The van der Waals surface area contributed by atoms with Crippen molar-refractivity contribution in [2.75, 3.05) is 6.54 Å². The summed E-state index contributed by atoms with van der Waals surface area (Å²) in [6.07, 6.45) is 2.19. The average molecular weight is 353 g/mol. The zero-order chi connectivity index (χ0) is 19.0. The highest BCUT2D eigenvalue weighted by atomic mass is 16.4. The fraction of sp³-hybridized carbons (Fsp3) is 0.333. The first-order valence-electron chi connectivity index (χ1n) is 8.68. The smallest absolute Gasteiger partial charge is 0.339 e. The van der Waals surface area contributed by atoms with Crippen molar-refractivity contribution in [3.63, 3.8) is 0 Å². The molecule has 2 heterocycles. The number of hydrogen-bond donors (Lipinski definition) is 1. The van der Waals surface area contributed by atoms with E-state index in [9.17, 15) is 9.59 Å². The maximum atomic E-state index is 12.5. The van der Waals surface area contributed by atoms with Crippen molar-refractivity contribution in [2.24, 2.45) is 0 Å². The van der Waals surface area contributed by atoms with Crippen LogP contribution in [0.3, 0.4) is 0 Å². The molecule has 0 fully saturated rings. The van der Waals surface area contributed by atoms with Gasteiger partial charge in [-0.05, 0) is 51.3 Å². The second-order valence-corrected chi connectivity index (χ2v) is 6.62. The molecule has 1 N–H and O–H groups in total. The highest BCUT2D eigenvalue weighted by molar-refractivity contribution is 6.00. The summed E-state index contributed by atoms with van der Waals surface area (Å²) in [6, 6.07) is 2.02. The van der Waals surface area contributed by atoms with Crippen LogP contribution in [-0.2, 0) is 11.2 Å². The summed E-state index contributed by atoms with van der Waals surface area (Å²) < 4.78 is 11.5. The zero-order valence-corrected chi connectivity index (χ0v) is 15.6. The van der Waals surface area contributed by atoms with Gasteiger partial charge >= 0.3 is 5.63 Å². The Labute approximate surface area is 151 Å². The first-order chi connectivity index (χ1) is 12.3. The van der Waals surface area contributed by atoms with E-state index in [2.05, 4.69) is 11.9 Å². The second kappa shape index (κ2) is 6.83. The Balaban J connectivity index is 2.10. The Morgan fingerprint density at radius 3 is 2.42 bits per heavy atom. The predicted molar refractivity (Wildman–Crippen MR) is 103 cm³/mol. The van der Waals surface area contributed by atoms with Crippen LogP contribution in [0.2, 0.25) is 0 Å². The number of furan rings is 1. The van der Waals surface area contributed by atoms with E-state index in [0.717, 1.165) is 38.8 Å². The molecular formula is C21H23NO4. The predicted octanol–water partition coefficient (Wildman–Crippen LogP) is 4.01. The molecule has 136 valence electrons. The van der Waals surface area contributed by atoms with Gasteiger partial charge in [-0.15, -0.1) is 6.58 Å². The van der Waals surface area contributed by atoms with E-state index in [1.807, 2.05) is 33.8 Å². The van der Waals surface area contributed by atoms with Crippen LogP contribution in [0.15, 0.2) is 32.4 Å². The molecule has 0 unspecified atom stereocenters. The summed E-state index contributed by atoms with van der Waals surface area (Å²) in [4.78, 5) is 24.3. The molecule has 0 aliphatic rings. The number of fused-ring (bicyclic) bond motifs is 2. The normalized spacial score (nSPS) is 11.2. The van der Waals surface area contributed by atoms with Gasteiger partial charge < -0.3 is 14.2 Å². The summed E-state index contributed by atoms with van der Waals surface area (Å²) >= 11 is 0. The van der Waals surface area contributed by atoms with Gasteiger partial charge in [0, 0.05) is 34.9 Å². The number of carbonyl (C=O) groups is 1. The zero-order valence-electron chi connectivity index (χ0n) is 15.6. The van der Waals surface area contributed by atoms with E-state index in [1.165, 1.54) is 0 Å². The summed E-state index contributed by atoms with van der Waals surface area (Å²) in [6.45, 7) is 11.7. The number of nitrogens with one attached hydrogen (secondary N) is 1. The van der Waals surface area contributed by atoms with Gasteiger partial charge in [0.15, 0.2) is 0 Å². The molecule has 3 aromatic rings. The largest absolute Gasteiger partial charge is 0.461 e. The summed E-state index contributed by atoms with van der Waals surface area (Å²) in [5.74, 6) is 0.745. The first kappa shape index (κ1) is 18.0. The van der Waals surface area contributed by atoms with Gasteiger partial charge in [0.2, 0.25) is 5.91 Å². The van der Waals surface area contributed by atoms with Crippen molar-refractivity contribution >= 4 is 27.8 Å². The lowest BCUT2D eigenvalue weighted by molar-refractivity contribution is -0.120. The minimum absolute atomic E-state index is 0.114. The van der Waals surface area contributed by atoms with Crippen LogP contribution in [0, 0.1) is 27.7 Å². The van der Waals surface area contributed by atoms with Crippen molar-refractivity contribution in [2.45, 2.75) is 40.5 Å². The van der Waals surface area contributed by atoms with Crippen LogP contribution in [0.5, 0.6) is 0 Å². The Hall–Kier alpha value is -2.82. The fourth-order valence-electron chi connectivity index (χ4n) is 3.29. The fourth-order valence-corrected chi connectivity index (χ4v) is 3.29. The Bertz CT molecular complexity index is 1090. The number of amides is 1. The monoisotopic (exact) mass is 353 g/mol. The van der Waals surface area contributed by atoms with Gasteiger partial charge in [-0.25, -0.2) is 4.79 Å². The first-order valence-corrected chi connectivity index (χ1v) is 8.68. The van der Waals surface area contributed by atoms with Gasteiger partial charge in [0.25, 0.3) is 0 Å². The molecule has 3 rings (SSSR count). The highest BCUT2D eigenvalue weighted by Gasteiger charge is 2.19. The molecule has 1 aromatic carbocycles. The molecular weight excluding hydrogens is 330 g/mol. The topological polar surface area (TPSA) is 72.5 Å². The van der Waals surface area contributed by atoms with Gasteiger partial charge in [-0.1, -0.05) is 6.08 Å². The third kappa shape index (κ3) is 2.94. The minimum atomic E-state index is -0.394. The molecule has 0 aliphatic heterocycles. The van der Waals surface area contributed by atoms with Crippen LogP contribution < -0.4 is 10.9 Å². The summed E-state index contributed by atoms with van der Waals surface area (Å²) in [7, 11) is 0. The lowest BCUT2D eigenvalue weighted by atomic mass is 9.98. The number of benzene rings is 1. The van der Waals surface area contributed by atoms with Gasteiger partial charge in [0.05, 0.1) is 0 Å². The van der Waals surface area contributed by atoms with E-state index < -0.39 is 5.63 Å². The minimum Gasteiger partial charge on any atom is -0.461 e. The summed E-state index contributed by atoms with van der Waals surface area (Å²) in [5, 5.41) is 4.64. The van der Waals surface area contributed by atoms with E-state index in [-0.39, 0.29) is 12.3 Å². The quantitative estimate of drug-likeness (QED) is 0.556. The molecule has 0 radical (unpaired) electrons. The van der Waals surface area contributed by atoms with E-state index in [4.69, 9.17) is 8.83 Å². The molecule has 26 heavy (non-hydrogen) atoms. The van der Waals surface area contributed by atoms with Crippen molar-refractivity contribution in [3.8, 4) is 0 Å². The SMILES string of the molecule is C=CCNC(=O)CCc1c(C)c2cc3c(C)c(C)oc3c(C)c2oc1=O. The van der Waals surface area contributed by atoms with Crippen molar-refractivity contribution < 1.29 is 13.6 Å². The molecule has 1 amide bonds. The number of aryl methyl sites for hydroxylation is 4. The van der Waals surface area contributed by atoms with Crippen molar-refractivity contribution in [3.05, 3.63) is 57.2 Å². The van der Waals surface area contributed by atoms with Crippen molar-refractivity contribution in [1.82, 2.24) is 5.32 Å². The van der Waals surface area contributed by atoms with Crippen LogP contribution in [-0.4, -0.2) is 12.5 Å². The maximum absolute atomic E-state index is 12.5. The van der Waals surface area contributed by atoms with Gasteiger partial charge in [-0.3, -0.25) is 4.79 Å². The summed E-state index contributed by atoms with van der Waals surface area (Å²) in [5.41, 5.74) is 4.22. The lowest BCUT2D eigenvalue weighted by Gasteiger charge is -2.10. The molecule has 0 aliphatic carbocycles. The van der Waals surface area contributed by atoms with Gasteiger partial charge in [-0.2, -0.15) is 0 Å².